The summed E-state index contributed by atoms with van der Waals surface area (Å²) in [5.74, 6) is -7.33. The topological polar surface area (TPSA) is 132 Å². The van der Waals surface area contributed by atoms with Gasteiger partial charge in [0.15, 0.2) is 6.10 Å². The highest BCUT2D eigenvalue weighted by Gasteiger charge is 2.55. The zero-order valence-corrected chi connectivity index (χ0v) is 9.28. The Morgan fingerprint density at radius 2 is 1.68 bits per heavy atom. The number of carboxylic acid groups (broad SMARTS) is 2. The second kappa shape index (κ2) is 5.12. The summed E-state index contributed by atoms with van der Waals surface area (Å²) in [4.78, 5) is 33.2. The lowest BCUT2D eigenvalue weighted by Crippen LogP contribution is -2.59. The van der Waals surface area contributed by atoms with Crippen molar-refractivity contribution in [3.8, 4) is 0 Å². The molecule has 0 aromatic heterocycles. The minimum absolute atomic E-state index is 0.822. The number of aliphatic hydroxyl groups is 2. The Morgan fingerprint density at radius 1 is 1.16 bits per heavy atom. The lowest BCUT2D eigenvalue weighted by Gasteiger charge is -2.24. The largest absolute Gasteiger partial charge is 0.479 e. The number of carboxylic acids is 2. The lowest BCUT2D eigenvalue weighted by atomic mass is 9.87. The van der Waals surface area contributed by atoms with Crippen molar-refractivity contribution in [2.24, 2.45) is 0 Å². The fourth-order valence-electron chi connectivity index (χ4n) is 1.37. The van der Waals surface area contributed by atoms with Gasteiger partial charge in [0, 0.05) is 0 Å². The van der Waals surface area contributed by atoms with Crippen LogP contribution in [0.4, 0.5) is 4.39 Å². The zero-order valence-electron chi connectivity index (χ0n) is 9.28. The van der Waals surface area contributed by atoms with Crippen molar-refractivity contribution in [1.29, 1.82) is 0 Å². The number of aliphatic hydroxyl groups excluding tert-OH is 1. The molecule has 2 atom stereocenters. The summed E-state index contributed by atoms with van der Waals surface area (Å²) in [6, 6.07) is 4.08. The van der Waals surface area contributed by atoms with Crippen LogP contribution < -0.4 is 0 Å². The highest BCUT2D eigenvalue weighted by atomic mass is 19.1. The fourth-order valence-corrected chi connectivity index (χ4v) is 1.37. The predicted octanol–water partition coefficient (Wildman–Crippen LogP) is -0.730. The number of hydrogen-bond acceptors (Lipinski definition) is 5. The van der Waals surface area contributed by atoms with E-state index in [1.165, 1.54) is 12.1 Å². The number of halogens is 1. The summed E-state index contributed by atoms with van der Waals surface area (Å²) < 4.78 is 13.3. The number of hydrogen-bond donors (Lipinski definition) is 4. The summed E-state index contributed by atoms with van der Waals surface area (Å²) >= 11 is 0. The molecule has 2 unspecified atom stereocenters. The Labute approximate surface area is 105 Å². The van der Waals surface area contributed by atoms with Gasteiger partial charge >= 0.3 is 11.9 Å². The van der Waals surface area contributed by atoms with Crippen LogP contribution in [0.3, 0.4) is 0 Å². The van der Waals surface area contributed by atoms with Gasteiger partial charge in [0.05, 0.1) is 5.56 Å². The minimum atomic E-state index is -3.67. The van der Waals surface area contributed by atoms with E-state index in [1.54, 1.807) is 0 Å². The van der Waals surface area contributed by atoms with Gasteiger partial charge in [-0.2, -0.15) is 0 Å². The minimum Gasteiger partial charge on any atom is -0.479 e. The number of rotatable bonds is 5. The third-order valence-electron chi connectivity index (χ3n) is 2.42. The van der Waals surface area contributed by atoms with E-state index in [0.717, 1.165) is 12.1 Å². The summed E-state index contributed by atoms with van der Waals surface area (Å²) in [5.41, 5.74) is -4.51. The molecule has 0 aliphatic carbocycles. The van der Waals surface area contributed by atoms with Crippen molar-refractivity contribution < 1.29 is 39.2 Å². The maximum Gasteiger partial charge on any atom is 0.347 e. The molecule has 0 bridgehead atoms. The number of aliphatic carboxylic acids is 2. The predicted molar refractivity (Wildman–Crippen MR) is 57.0 cm³/mol. The van der Waals surface area contributed by atoms with Crippen LogP contribution in [-0.4, -0.2) is 49.9 Å². The molecule has 0 radical (unpaired) electrons. The van der Waals surface area contributed by atoms with E-state index in [4.69, 9.17) is 15.3 Å². The number of Topliss-reactive ketones (excluding diaryl/α,β-unsaturated/α-hetero) is 1. The van der Waals surface area contributed by atoms with Gasteiger partial charge in [0.25, 0.3) is 5.60 Å². The first-order valence-electron chi connectivity index (χ1n) is 4.89. The molecule has 0 spiro atoms. The average Bonchev–Trinajstić information content (AvgIpc) is 2.36. The molecule has 0 heterocycles. The van der Waals surface area contributed by atoms with Crippen molar-refractivity contribution >= 4 is 17.7 Å². The summed E-state index contributed by atoms with van der Waals surface area (Å²) in [6.45, 7) is 0. The van der Waals surface area contributed by atoms with Crippen LogP contribution in [0.1, 0.15) is 10.4 Å². The van der Waals surface area contributed by atoms with Crippen molar-refractivity contribution in [3.05, 3.63) is 35.6 Å². The van der Waals surface area contributed by atoms with Crippen molar-refractivity contribution in [3.63, 3.8) is 0 Å². The van der Waals surface area contributed by atoms with Crippen LogP contribution in [0.2, 0.25) is 0 Å². The van der Waals surface area contributed by atoms with Crippen LogP contribution in [0.25, 0.3) is 0 Å². The molecule has 0 aliphatic rings. The van der Waals surface area contributed by atoms with Gasteiger partial charge < -0.3 is 20.4 Å². The number of carbonyl (C=O) groups is 3. The molecule has 7 nitrogen and oxygen atoms in total. The number of ketones is 1. The number of carbonyl (C=O) groups excluding carboxylic acids is 1. The first-order chi connectivity index (χ1) is 8.72. The van der Waals surface area contributed by atoms with Gasteiger partial charge in [0.2, 0.25) is 5.78 Å². The van der Waals surface area contributed by atoms with Gasteiger partial charge in [-0.05, 0) is 12.1 Å². The Kier molecular flexibility index (Phi) is 3.98. The summed E-state index contributed by atoms with van der Waals surface area (Å²) in [6.07, 6.45) is -2.93. The Balaban J connectivity index is 3.36. The second-order valence-corrected chi connectivity index (χ2v) is 3.62. The van der Waals surface area contributed by atoms with E-state index in [2.05, 4.69) is 0 Å². The molecule has 1 rings (SSSR count). The Hall–Kier alpha value is -2.32. The van der Waals surface area contributed by atoms with Gasteiger partial charge in [-0.25, -0.2) is 14.0 Å². The Bertz CT molecular complexity index is 542. The van der Waals surface area contributed by atoms with Crippen LogP contribution in [0.5, 0.6) is 0 Å². The fraction of sp³-hybridized carbons (Fsp3) is 0.182. The molecule has 0 fully saturated rings. The van der Waals surface area contributed by atoms with Gasteiger partial charge in [-0.3, -0.25) is 4.79 Å². The quantitative estimate of drug-likeness (QED) is 0.410. The average molecular weight is 272 g/mol. The number of benzene rings is 1. The smallest absolute Gasteiger partial charge is 0.347 e. The van der Waals surface area contributed by atoms with Crippen LogP contribution >= 0.6 is 0 Å². The standard InChI is InChI=1S/C11H9FO7/c12-6-4-2-1-3-5(6)7(13)11(19,10(17)18)8(14)9(15)16/h1-4,8,14,19H,(H,15,16)(H,17,18). The third kappa shape index (κ3) is 2.44. The van der Waals surface area contributed by atoms with Gasteiger partial charge in [-0.15, -0.1) is 0 Å². The molecule has 0 saturated carbocycles. The molecule has 102 valence electrons. The molecule has 0 amide bonds. The molecular weight excluding hydrogens is 263 g/mol. The monoisotopic (exact) mass is 272 g/mol. The van der Waals surface area contributed by atoms with Crippen LogP contribution in [-0.2, 0) is 9.59 Å². The molecule has 1 aromatic carbocycles. The summed E-state index contributed by atoms with van der Waals surface area (Å²) in [5, 5.41) is 36.1. The molecule has 0 saturated heterocycles. The highest BCUT2D eigenvalue weighted by molar-refractivity contribution is 6.17. The SMILES string of the molecule is O=C(O)C(O)C(O)(C(=O)O)C(=O)c1ccccc1F. The zero-order chi connectivity index (χ0) is 14.8. The van der Waals surface area contributed by atoms with Crippen LogP contribution in [0, 0.1) is 5.82 Å². The molecular formula is C11H9FO7. The second-order valence-electron chi connectivity index (χ2n) is 3.62. The van der Waals surface area contributed by atoms with E-state index in [1.807, 2.05) is 0 Å². The normalized spacial score (nSPS) is 15.3. The van der Waals surface area contributed by atoms with E-state index >= 15 is 0 Å². The maximum atomic E-state index is 13.3. The molecule has 0 aliphatic heterocycles. The van der Waals surface area contributed by atoms with E-state index in [-0.39, 0.29) is 0 Å². The van der Waals surface area contributed by atoms with E-state index in [0.29, 0.717) is 0 Å². The van der Waals surface area contributed by atoms with Crippen molar-refractivity contribution in [1.82, 2.24) is 0 Å². The highest BCUT2D eigenvalue weighted by Crippen LogP contribution is 2.21. The molecule has 8 heteroatoms. The molecule has 19 heavy (non-hydrogen) atoms. The van der Waals surface area contributed by atoms with Gasteiger partial charge in [-0.1, -0.05) is 12.1 Å². The maximum absolute atomic E-state index is 13.3. The molecule has 1 aromatic rings. The molecule has 4 N–H and O–H groups in total. The van der Waals surface area contributed by atoms with E-state index in [9.17, 15) is 23.9 Å². The Morgan fingerprint density at radius 3 is 2.11 bits per heavy atom. The van der Waals surface area contributed by atoms with Gasteiger partial charge in [0.1, 0.15) is 5.82 Å². The first-order valence-corrected chi connectivity index (χ1v) is 4.89. The van der Waals surface area contributed by atoms with Crippen LogP contribution in [0.15, 0.2) is 24.3 Å². The lowest BCUT2D eigenvalue weighted by molar-refractivity contribution is -0.175. The van der Waals surface area contributed by atoms with E-state index < -0.39 is 40.8 Å². The van der Waals surface area contributed by atoms with Crippen molar-refractivity contribution in [2.45, 2.75) is 11.7 Å². The summed E-state index contributed by atoms with van der Waals surface area (Å²) in [7, 11) is 0. The third-order valence-corrected chi connectivity index (χ3v) is 2.42. The van der Waals surface area contributed by atoms with Crippen molar-refractivity contribution in [2.75, 3.05) is 0 Å². The first kappa shape index (κ1) is 14.7.